The van der Waals surface area contributed by atoms with Crippen molar-refractivity contribution in [2.45, 2.75) is 13.8 Å². The number of nitriles is 1. The van der Waals surface area contributed by atoms with E-state index in [4.69, 9.17) is 5.26 Å². The van der Waals surface area contributed by atoms with Gasteiger partial charge in [-0.2, -0.15) is 5.26 Å². The predicted octanol–water partition coefficient (Wildman–Crippen LogP) is 3.16. The number of hydrogen-bond acceptors (Lipinski definition) is 2. The first-order chi connectivity index (χ1) is 9.52. The van der Waals surface area contributed by atoms with E-state index in [9.17, 15) is 4.79 Å². The average molecular weight is 267 g/mol. The van der Waals surface area contributed by atoms with Crippen LogP contribution in [0.4, 0.5) is 5.69 Å². The van der Waals surface area contributed by atoms with Gasteiger partial charge in [-0.25, -0.2) is 0 Å². The molecular formula is C16H17N3O. The fourth-order valence-corrected chi connectivity index (χ4v) is 1.96. The van der Waals surface area contributed by atoms with Gasteiger partial charge in [-0.3, -0.25) is 4.79 Å². The van der Waals surface area contributed by atoms with E-state index in [1.807, 2.05) is 55.8 Å². The van der Waals surface area contributed by atoms with Gasteiger partial charge < -0.3 is 9.88 Å². The molecule has 4 heteroatoms. The van der Waals surface area contributed by atoms with Crippen LogP contribution in [0.1, 0.15) is 19.5 Å². The molecule has 0 aliphatic heterocycles. The van der Waals surface area contributed by atoms with Gasteiger partial charge >= 0.3 is 0 Å². The van der Waals surface area contributed by atoms with Gasteiger partial charge in [0.15, 0.2) is 0 Å². The molecule has 2 rings (SSSR count). The molecule has 0 unspecified atom stereocenters. The van der Waals surface area contributed by atoms with Gasteiger partial charge in [-0.05, 0) is 24.3 Å². The number of nitrogens with one attached hydrogen (secondary N) is 1. The molecule has 0 bridgehead atoms. The van der Waals surface area contributed by atoms with E-state index < -0.39 is 0 Å². The smallest absolute Gasteiger partial charge is 0.226 e. The molecule has 1 N–H and O–H groups in total. The van der Waals surface area contributed by atoms with Gasteiger partial charge in [0.25, 0.3) is 0 Å². The van der Waals surface area contributed by atoms with Crippen LogP contribution in [0.15, 0.2) is 36.4 Å². The Balaban J connectivity index is 2.32. The molecule has 20 heavy (non-hydrogen) atoms. The first kappa shape index (κ1) is 13.9. The Labute approximate surface area is 118 Å². The summed E-state index contributed by atoms with van der Waals surface area (Å²) in [6.07, 6.45) is 0. The predicted molar refractivity (Wildman–Crippen MR) is 79.0 cm³/mol. The van der Waals surface area contributed by atoms with Crippen molar-refractivity contribution in [2.75, 3.05) is 5.32 Å². The number of benzene rings is 1. The minimum Gasteiger partial charge on any atom is -0.335 e. The molecule has 0 aliphatic carbocycles. The summed E-state index contributed by atoms with van der Waals surface area (Å²) in [5.41, 5.74) is 3.29. The Morgan fingerprint density at radius 2 is 2.05 bits per heavy atom. The summed E-state index contributed by atoms with van der Waals surface area (Å²) in [7, 11) is 1.85. The summed E-state index contributed by atoms with van der Waals surface area (Å²) in [6, 6.07) is 13.5. The van der Waals surface area contributed by atoms with Gasteiger partial charge in [-0.15, -0.1) is 0 Å². The van der Waals surface area contributed by atoms with Crippen LogP contribution in [-0.4, -0.2) is 10.5 Å². The number of rotatable bonds is 3. The molecule has 0 atom stereocenters. The molecule has 102 valence electrons. The average Bonchev–Trinajstić information content (AvgIpc) is 2.80. The van der Waals surface area contributed by atoms with Gasteiger partial charge in [0.1, 0.15) is 11.8 Å². The van der Waals surface area contributed by atoms with Crippen LogP contribution in [0.3, 0.4) is 0 Å². The van der Waals surface area contributed by atoms with Crippen molar-refractivity contribution in [1.82, 2.24) is 4.57 Å². The Bertz CT molecular complexity index is 677. The third-order valence-corrected chi connectivity index (χ3v) is 3.19. The second-order valence-electron chi connectivity index (χ2n) is 5.00. The summed E-state index contributed by atoms with van der Waals surface area (Å²) in [4.78, 5) is 11.7. The molecule has 1 aromatic carbocycles. The topological polar surface area (TPSA) is 57.8 Å². The number of anilines is 1. The summed E-state index contributed by atoms with van der Waals surface area (Å²) in [5.74, 6) is -0.0642. The van der Waals surface area contributed by atoms with E-state index in [-0.39, 0.29) is 11.8 Å². The van der Waals surface area contributed by atoms with Crippen LogP contribution in [0.25, 0.3) is 11.3 Å². The molecule has 0 spiro atoms. The normalized spacial score (nSPS) is 10.3. The lowest BCUT2D eigenvalue weighted by Crippen LogP contribution is -2.17. The molecule has 0 fully saturated rings. The molecule has 1 heterocycles. The zero-order valence-corrected chi connectivity index (χ0v) is 11.8. The maximum atomic E-state index is 11.7. The van der Waals surface area contributed by atoms with Crippen molar-refractivity contribution in [3.05, 3.63) is 42.1 Å². The van der Waals surface area contributed by atoms with E-state index in [0.717, 1.165) is 16.9 Å². The number of carbonyl (C=O) groups excluding carboxylic acids is 1. The van der Waals surface area contributed by atoms with Crippen molar-refractivity contribution in [2.24, 2.45) is 13.0 Å². The zero-order valence-electron chi connectivity index (χ0n) is 11.8. The van der Waals surface area contributed by atoms with Crippen molar-refractivity contribution in [3.63, 3.8) is 0 Å². The number of hydrogen-bond donors (Lipinski definition) is 1. The fraction of sp³-hybridized carbons (Fsp3) is 0.250. The number of carbonyl (C=O) groups is 1. The fourth-order valence-electron chi connectivity index (χ4n) is 1.96. The van der Waals surface area contributed by atoms with Crippen LogP contribution in [0.2, 0.25) is 0 Å². The maximum Gasteiger partial charge on any atom is 0.226 e. The first-order valence-electron chi connectivity index (χ1n) is 6.50. The van der Waals surface area contributed by atoms with Crippen molar-refractivity contribution in [3.8, 4) is 17.3 Å². The highest BCUT2D eigenvalue weighted by molar-refractivity contribution is 5.92. The van der Waals surface area contributed by atoms with Gasteiger partial charge in [0, 0.05) is 29.9 Å². The monoisotopic (exact) mass is 267 g/mol. The second-order valence-corrected chi connectivity index (χ2v) is 5.00. The first-order valence-corrected chi connectivity index (χ1v) is 6.50. The third kappa shape index (κ3) is 2.72. The van der Waals surface area contributed by atoms with E-state index in [1.165, 1.54) is 0 Å². The Hall–Kier alpha value is -2.54. The Morgan fingerprint density at radius 1 is 1.30 bits per heavy atom. The molecule has 0 aliphatic rings. The highest BCUT2D eigenvalue weighted by atomic mass is 16.1. The molecule has 1 aromatic heterocycles. The number of aromatic nitrogens is 1. The van der Waals surface area contributed by atoms with E-state index in [0.29, 0.717) is 5.69 Å². The van der Waals surface area contributed by atoms with Crippen LogP contribution < -0.4 is 5.32 Å². The summed E-state index contributed by atoms with van der Waals surface area (Å²) < 4.78 is 1.84. The van der Waals surface area contributed by atoms with Crippen molar-refractivity contribution < 1.29 is 4.79 Å². The highest BCUT2D eigenvalue weighted by Crippen LogP contribution is 2.24. The van der Waals surface area contributed by atoms with Crippen LogP contribution in [0, 0.1) is 17.2 Å². The SMILES string of the molecule is CC(C)C(=O)Nc1cccc(-c2ccc(C#N)n2C)c1. The lowest BCUT2D eigenvalue weighted by Gasteiger charge is -2.10. The maximum absolute atomic E-state index is 11.7. The molecule has 2 aromatic rings. The Kier molecular flexibility index (Phi) is 3.90. The molecule has 1 amide bonds. The lowest BCUT2D eigenvalue weighted by atomic mass is 10.1. The lowest BCUT2D eigenvalue weighted by molar-refractivity contribution is -0.118. The van der Waals surface area contributed by atoms with Gasteiger partial charge in [0.2, 0.25) is 5.91 Å². The molecule has 0 saturated heterocycles. The third-order valence-electron chi connectivity index (χ3n) is 3.19. The van der Waals surface area contributed by atoms with Gasteiger partial charge in [-0.1, -0.05) is 26.0 Å². The van der Waals surface area contributed by atoms with E-state index in [1.54, 1.807) is 6.07 Å². The van der Waals surface area contributed by atoms with E-state index in [2.05, 4.69) is 11.4 Å². The zero-order chi connectivity index (χ0) is 14.7. The van der Waals surface area contributed by atoms with Crippen LogP contribution in [-0.2, 0) is 11.8 Å². The molecule has 0 radical (unpaired) electrons. The Morgan fingerprint density at radius 3 is 2.65 bits per heavy atom. The van der Waals surface area contributed by atoms with Crippen molar-refractivity contribution in [1.29, 1.82) is 5.26 Å². The quantitative estimate of drug-likeness (QED) is 0.928. The summed E-state index contributed by atoms with van der Waals surface area (Å²) >= 11 is 0. The van der Waals surface area contributed by atoms with E-state index >= 15 is 0 Å². The molecular weight excluding hydrogens is 250 g/mol. The minimum absolute atomic E-state index is 0.00764. The van der Waals surface area contributed by atoms with Gasteiger partial charge in [0.05, 0.1) is 0 Å². The highest BCUT2D eigenvalue weighted by Gasteiger charge is 2.09. The molecule has 4 nitrogen and oxygen atoms in total. The largest absolute Gasteiger partial charge is 0.335 e. The standard InChI is InChI=1S/C16H17N3O/c1-11(2)16(20)18-13-6-4-5-12(9-13)15-8-7-14(10-17)19(15)3/h4-9,11H,1-3H3,(H,18,20). The number of nitrogens with zero attached hydrogens (tertiary/aromatic N) is 2. The minimum atomic E-state index is -0.0566. The molecule has 0 saturated carbocycles. The van der Waals surface area contributed by atoms with Crippen molar-refractivity contribution >= 4 is 11.6 Å². The van der Waals surface area contributed by atoms with Crippen LogP contribution >= 0.6 is 0 Å². The second kappa shape index (κ2) is 5.62. The summed E-state index contributed by atoms with van der Waals surface area (Å²) in [6.45, 7) is 3.71. The number of amides is 1. The summed E-state index contributed by atoms with van der Waals surface area (Å²) in [5, 5.41) is 11.9. The van der Waals surface area contributed by atoms with Crippen LogP contribution in [0.5, 0.6) is 0 Å².